The first-order chi connectivity index (χ1) is 16.1. The smallest absolute Gasteiger partial charge is 0.262 e. The minimum Gasteiger partial charge on any atom is -0.311 e. The molecule has 0 spiro atoms. The number of halogens is 1. The maximum absolute atomic E-state index is 15.6. The third-order valence-electron chi connectivity index (χ3n) is 7.30. The predicted molar refractivity (Wildman–Crippen MR) is 133 cm³/mol. The summed E-state index contributed by atoms with van der Waals surface area (Å²) in [6, 6.07) is 13.3. The Kier molecular flexibility index (Phi) is 6.05. The molecule has 3 heterocycles. The molecule has 0 saturated carbocycles. The fourth-order valence-corrected chi connectivity index (χ4v) is 5.59. The number of quaternary nitrogens is 1. The van der Waals surface area contributed by atoms with Crippen LogP contribution in [0.3, 0.4) is 0 Å². The molecule has 33 heavy (non-hydrogen) atoms. The Balaban J connectivity index is 1.51. The van der Waals surface area contributed by atoms with Gasteiger partial charge in [-0.05, 0) is 42.1 Å². The summed E-state index contributed by atoms with van der Waals surface area (Å²) in [5.74, 6) is 6.09. The van der Waals surface area contributed by atoms with Gasteiger partial charge < -0.3 is 5.32 Å². The van der Waals surface area contributed by atoms with Crippen molar-refractivity contribution >= 4 is 16.5 Å². The van der Waals surface area contributed by atoms with Gasteiger partial charge in [0.2, 0.25) is 0 Å². The zero-order valence-corrected chi connectivity index (χ0v) is 19.2. The largest absolute Gasteiger partial charge is 0.311 e. The Bertz CT molecular complexity index is 1290. The lowest BCUT2D eigenvalue weighted by Crippen LogP contribution is -2.56. The number of hydrogen-bond acceptors (Lipinski definition) is 2. The molecule has 2 aromatic carbocycles. The van der Waals surface area contributed by atoms with Gasteiger partial charge in [0.25, 0.3) is 5.56 Å². The monoisotopic (exact) mass is 444 g/mol. The van der Waals surface area contributed by atoms with Crippen LogP contribution in [0.15, 0.2) is 53.5 Å². The van der Waals surface area contributed by atoms with E-state index in [-0.39, 0.29) is 11.4 Å². The summed E-state index contributed by atoms with van der Waals surface area (Å²) in [4.78, 5) is 13.2. The van der Waals surface area contributed by atoms with Crippen molar-refractivity contribution in [2.45, 2.75) is 45.1 Å². The van der Waals surface area contributed by atoms with E-state index in [4.69, 9.17) is 0 Å². The zero-order chi connectivity index (χ0) is 22.8. The first kappa shape index (κ1) is 21.9. The van der Waals surface area contributed by atoms with Crippen LogP contribution in [0.1, 0.15) is 44.6 Å². The summed E-state index contributed by atoms with van der Waals surface area (Å²) in [6.45, 7) is 6.02. The van der Waals surface area contributed by atoms with E-state index in [9.17, 15) is 4.79 Å². The second-order valence-corrected chi connectivity index (χ2v) is 9.32. The van der Waals surface area contributed by atoms with Crippen molar-refractivity contribution in [3.8, 4) is 17.5 Å². The maximum Gasteiger partial charge on any atom is 0.262 e. The van der Waals surface area contributed by atoms with E-state index in [0.717, 1.165) is 79.4 Å². The molecule has 5 heteroatoms. The normalized spacial score (nSPS) is 19.5. The number of pyridine rings is 1. The molecular weight excluding hydrogens is 413 g/mol. The van der Waals surface area contributed by atoms with Crippen LogP contribution in [0.4, 0.5) is 10.1 Å². The van der Waals surface area contributed by atoms with Gasteiger partial charge in [-0.25, -0.2) is 4.39 Å². The Labute approximate surface area is 194 Å². The van der Waals surface area contributed by atoms with E-state index in [1.54, 1.807) is 10.8 Å². The van der Waals surface area contributed by atoms with E-state index in [0.29, 0.717) is 17.1 Å². The molecule has 0 amide bonds. The summed E-state index contributed by atoms with van der Waals surface area (Å²) >= 11 is 0. The van der Waals surface area contributed by atoms with Crippen molar-refractivity contribution in [3.63, 3.8) is 0 Å². The molecule has 1 atom stereocenters. The number of nitrogens with zero attached hydrogens (tertiary/aromatic N) is 2. The molecule has 2 saturated heterocycles. The number of nitrogens with one attached hydrogen (secondary N) is 1. The van der Waals surface area contributed by atoms with E-state index in [1.807, 2.05) is 36.4 Å². The topological polar surface area (TPSA) is 34.0 Å². The van der Waals surface area contributed by atoms with Crippen LogP contribution in [0.2, 0.25) is 0 Å². The summed E-state index contributed by atoms with van der Waals surface area (Å²) in [5.41, 5.74) is 2.10. The number of hydrogen-bond donors (Lipinski definition) is 1. The number of fused-ring (bicyclic) bond motifs is 1. The maximum atomic E-state index is 15.6. The van der Waals surface area contributed by atoms with Gasteiger partial charge >= 0.3 is 0 Å². The molecule has 3 aromatic rings. The third-order valence-corrected chi connectivity index (χ3v) is 7.30. The number of likely N-dealkylation sites (tertiary alicyclic amines) is 1. The highest BCUT2D eigenvalue weighted by Gasteiger charge is 2.44. The highest BCUT2D eigenvalue weighted by Crippen LogP contribution is 2.37. The van der Waals surface area contributed by atoms with Gasteiger partial charge in [0.05, 0.1) is 18.8 Å². The van der Waals surface area contributed by atoms with E-state index < -0.39 is 0 Å². The first-order valence-corrected chi connectivity index (χ1v) is 12.1. The van der Waals surface area contributed by atoms with E-state index in [2.05, 4.69) is 24.1 Å². The molecule has 0 aliphatic carbocycles. The third kappa shape index (κ3) is 3.99. The number of benzene rings is 2. The lowest BCUT2D eigenvalue weighted by Gasteiger charge is -2.39. The van der Waals surface area contributed by atoms with E-state index in [1.165, 1.54) is 6.07 Å². The van der Waals surface area contributed by atoms with Crippen molar-refractivity contribution in [2.75, 3.05) is 26.2 Å². The molecule has 4 nitrogen and oxygen atoms in total. The minimum atomic E-state index is -0.213. The quantitative estimate of drug-likeness (QED) is 0.466. The van der Waals surface area contributed by atoms with Gasteiger partial charge in [0.15, 0.2) is 11.5 Å². The average molecular weight is 445 g/mol. The van der Waals surface area contributed by atoms with Crippen LogP contribution in [-0.2, 0) is 0 Å². The molecule has 0 radical (unpaired) electrons. The minimum absolute atomic E-state index is 0.141. The molecule has 2 aliphatic rings. The van der Waals surface area contributed by atoms with Gasteiger partial charge in [-0.2, -0.15) is 0 Å². The molecule has 2 fully saturated rings. The standard InChI is InChI=1S/C28H31FN3O/c1-2-3-4-7-21-8-10-25-22(18-21)13-15-31(28(25)33)23-9-11-27(26(29)19-23)32(16-5-6-17-32)24-12-14-30-20-24/h8-11,13,15,18-19,24,30H,2-3,5-6,12,14,16-17,20H2,1H3/q+1/t24-/m1/s1. The molecule has 170 valence electrons. The van der Waals surface area contributed by atoms with Crippen LogP contribution in [0, 0.1) is 17.7 Å². The SMILES string of the molecule is CCCC#Cc1ccc2c(=O)n(-c3ccc([N+]4([C@@H]5CCNC5)CCCC4)c(F)c3)ccc2c1. The van der Waals surface area contributed by atoms with Crippen LogP contribution < -0.4 is 15.4 Å². The zero-order valence-electron chi connectivity index (χ0n) is 19.2. The Morgan fingerprint density at radius 1 is 1.15 bits per heavy atom. The molecule has 0 unspecified atom stereocenters. The molecular formula is C28H31FN3O+. The van der Waals surface area contributed by atoms with Crippen molar-refractivity contribution in [2.24, 2.45) is 0 Å². The number of aromatic nitrogens is 1. The fourth-order valence-electron chi connectivity index (χ4n) is 5.59. The first-order valence-electron chi connectivity index (χ1n) is 12.1. The van der Waals surface area contributed by atoms with Gasteiger partial charge in [-0.3, -0.25) is 13.8 Å². The van der Waals surface area contributed by atoms with Crippen molar-refractivity contribution in [1.82, 2.24) is 14.4 Å². The van der Waals surface area contributed by atoms with Gasteiger partial charge in [-0.15, -0.1) is 0 Å². The molecule has 5 rings (SSSR count). The summed E-state index contributed by atoms with van der Waals surface area (Å²) in [7, 11) is 0. The lowest BCUT2D eigenvalue weighted by atomic mass is 10.1. The summed E-state index contributed by atoms with van der Waals surface area (Å²) in [5, 5.41) is 4.92. The van der Waals surface area contributed by atoms with Crippen LogP contribution in [0.25, 0.3) is 16.5 Å². The average Bonchev–Trinajstić information content (AvgIpc) is 3.53. The highest BCUT2D eigenvalue weighted by molar-refractivity contribution is 5.83. The molecule has 1 aromatic heterocycles. The Morgan fingerprint density at radius 3 is 2.73 bits per heavy atom. The van der Waals surface area contributed by atoms with Crippen LogP contribution in [0.5, 0.6) is 0 Å². The highest BCUT2D eigenvalue weighted by atomic mass is 19.1. The van der Waals surface area contributed by atoms with E-state index >= 15 is 4.39 Å². The Morgan fingerprint density at radius 2 is 2.00 bits per heavy atom. The number of rotatable bonds is 4. The lowest BCUT2D eigenvalue weighted by molar-refractivity contribution is 0.249. The molecule has 0 bridgehead atoms. The summed E-state index contributed by atoms with van der Waals surface area (Å²) < 4.78 is 17.8. The van der Waals surface area contributed by atoms with Crippen molar-refractivity contribution < 1.29 is 4.39 Å². The fraction of sp³-hybridized carbons (Fsp3) is 0.393. The molecule has 2 aliphatic heterocycles. The van der Waals surface area contributed by atoms with Crippen LogP contribution in [-0.4, -0.2) is 36.8 Å². The number of unbranched alkanes of at least 4 members (excludes halogenated alkanes) is 1. The molecule has 1 N–H and O–H groups in total. The second kappa shape index (κ2) is 9.13. The van der Waals surface area contributed by atoms with Crippen molar-refractivity contribution in [1.29, 1.82) is 0 Å². The second-order valence-electron chi connectivity index (χ2n) is 9.32. The Hall–Kier alpha value is -2.94. The van der Waals surface area contributed by atoms with Crippen LogP contribution >= 0.6 is 0 Å². The summed E-state index contributed by atoms with van der Waals surface area (Å²) in [6.07, 6.45) is 6.97. The van der Waals surface area contributed by atoms with Gasteiger partial charge in [0, 0.05) is 68.1 Å². The van der Waals surface area contributed by atoms with Gasteiger partial charge in [-0.1, -0.05) is 18.8 Å². The predicted octanol–water partition coefficient (Wildman–Crippen LogP) is 4.74. The van der Waals surface area contributed by atoms with Gasteiger partial charge in [0.1, 0.15) is 6.04 Å². The van der Waals surface area contributed by atoms with Crippen molar-refractivity contribution in [3.05, 3.63) is 70.4 Å².